The van der Waals surface area contributed by atoms with Crippen LogP contribution in [0.4, 0.5) is 5.69 Å². The summed E-state index contributed by atoms with van der Waals surface area (Å²) in [7, 11) is 1.26. The molecule has 0 aliphatic heterocycles. The second kappa shape index (κ2) is 8.31. The lowest BCUT2D eigenvalue weighted by molar-refractivity contribution is -0.149. The molecule has 0 heterocycles. The van der Waals surface area contributed by atoms with E-state index in [0.717, 1.165) is 12.0 Å². The van der Waals surface area contributed by atoms with Crippen molar-refractivity contribution in [2.24, 2.45) is 0 Å². The Labute approximate surface area is 136 Å². The number of benzene rings is 1. The molecule has 23 heavy (non-hydrogen) atoms. The van der Waals surface area contributed by atoms with Crippen LogP contribution in [-0.2, 0) is 25.5 Å². The van der Waals surface area contributed by atoms with Gasteiger partial charge in [-0.2, -0.15) is 0 Å². The minimum atomic E-state index is -1.11. The van der Waals surface area contributed by atoms with Crippen LogP contribution >= 0.6 is 0 Å². The molecular weight excluding hydrogens is 296 g/mol. The average molecular weight is 320 g/mol. The molecule has 0 radical (unpaired) electrons. The third-order valence-corrected chi connectivity index (χ3v) is 3.35. The van der Waals surface area contributed by atoms with Gasteiger partial charge in [0.15, 0.2) is 0 Å². The summed E-state index contributed by atoms with van der Waals surface area (Å²) in [5.74, 6) is -1.16. The zero-order chi connectivity index (χ0) is 17.5. The first kappa shape index (κ1) is 18.7. The summed E-state index contributed by atoms with van der Waals surface area (Å²) in [6.45, 7) is 5.13. The van der Waals surface area contributed by atoms with Crippen LogP contribution in [0.1, 0.15) is 39.2 Å². The SMILES string of the molecule is CCc1cccc(NC(=O)CCC(=O)NC(C)(C)C(=O)OC)c1. The standard InChI is InChI=1S/C17H24N2O4/c1-5-12-7-6-8-13(11-12)18-14(20)9-10-15(21)19-17(2,3)16(22)23-4/h6-8,11H,5,9-10H2,1-4H3,(H,18,20)(H,19,21). The van der Waals surface area contributed by atoms with E-state index in [1.807, 2.05) is 25.1 Å². The molecule has 1 rings (SSSR count). The summed E-state index contributed by atoms with van der Waals surface area (Å²) in [5, 5.41) is 5.31. The lowest BCUT2D eigenvalue weighted by atomic mass is 10.1. The van der Waals surface area contributed by atoms with Gasteiger partial charge in [0.05, 0.1) is 7.11 Å². The van der Waals surface area contributed by atoms with Gasteiger partial charge < -0.3 is 15.4 Å². The maximum atomic E-state index is 11.9. The van der Waals surface area contributed by atoms with E-state index in [1.165, 1.54) is 7.11 Å². The number of esters is 1. The molecule has 0 aliphatic carbocycles. The van der Waals surface area contributed by atoms with Gasteiger partial charge in [0.2, 0.25) is 11.8 Å². The van der Waals surface area contributed by atoms with Crippen LogP contribution in [0.2, 0.25) is 0 Å². The highest BCUT2D eigenvalue weighted by molar-refractivity contribution is 5.94. The van der Waals surface area contributed by atoms with Crippen molar-refractivity contribution in [3.05, 3.63) is 29.8 Å². The predicted molar refractivity (Wildman–Crippen MR) is 87.9 cm³/mol. The number of methoxy groups -OCH3 is 1. The lowest BCUT2D eigenvalue weighted by Gasteiger charge is -2.22. The fourth-order valence-electron chi connectivity index (χ4n) is 2.04. The first-order valence-corrected chi connectivity index (χ1v) is 7.56. The number of anilines is 1. The molecule has 1 aromatic carbocycles. The van der Waals surface area contributed by atoms with E-state index < -0.39 is 11.5 Å². The minimum Gasteiger partial charge on any atom is -0.467 e. The normalized spacial score (nSPS) is 10.8. The zero-order valence-corrected chi connectivity index (χ0v) is 14.1. The molecule has 2 amide bonds. The van der Waals surface area contributed by atoms with E-state index in [9.17, 15) is 14.4 Å². The molecule has 2 N–H and O–H groups in total. The Bertz CT molecular complexity index is 582. The Kier molecular flexibility index (Phi) is 6.75. The fourth-order valence-corrected chi connectivity index (χ4v) is 2.04. The highest BCUT2D eigenvalue weighted by Gasteiger charge is 2.30. The molecule has 0 saturated carbocycles. The number of ether oxygens (including phenoxy) is 1. The van der Waals surface area contributed by atoms with Gasteiger partial charge in [-0.25, -0.2) is 4.79 Å². The molecule has 0 bridgehead atoms. The van der Waals surface area contributed by atoms with Gasteiger partial charge in [-0.3, -0.25) is 9.59 Å². The van der Waals surface area contributed by atoms with E-state index >= 15 is 0 Å². The van der Waals surface area contributed by atoms with Gasteiger partial charge >= 0.3 is 5.97 Å². The molecule has 0 aromatic heterocycles. The molecule has 0 aliphatic rings. The van der Waals surface area contributed by atoms with Gasteiger partial charge in [0.1, 0.15) is 5.54 Å². The highest BCUT2D eigenvalue weighted by Crippen LogP contribution is 2.12. The molecule has 6 heteroatoms. The highest BCUT2D eigenvalue weighted by atomic mass is 16.5. The second-order valence-corrected chi connectivity index (χ2v) is 5.77. The number of aryl methyl sites for hydroxylation is 1. The number of hydrogen-bond donors (Lipinski definition) is 2. The van der Waals surface area contributed by atoms with Crippen molar-refractivity contribution >= 4 is 23.5 Å². The van der Waals surface area contributed by atoms with E-state index in [-0.39, 0.29) is 24.7 Å². The first-order chi connectivity index (χ1) is 10.8. The Morgan fingerprint density at radius 2 is 1.78 bits per heavy atom. The average Bonchev–Trinajstić information content (AvgIpc) is 2.51. The maximum Gasteiger partial charge on any atom is 0.330 e. The largest absolute Gasteiger partial charge is 0.467 e. The van der Waals surface area contributed by atoms with E-state index in [1.54, 1.807) is 19.9 Å². The quantitative estimate of drug-likeness (QED) is 0.753. The van der Waals surface area contributed by atoms with Gasteiger partial charge in [0, 0.05) is 18.5 Å². The second-order valence-electron chi connectivity index (χ2n) is 5.77. The van der Waals surface area contributed by atoms with Crippen LogP contribution in [0.15, 0.2) is 24.3 Å². The molecule has 0 spiro atoms. The van der Waals surface area contributed by atoms with Crippen molar-refractivity contribution in [1.82, 2.24) is 5.32 Å². The number of carbonyl (C=O) groups is 3. The van der Waals surface area contributed by atoms with Crippen molar-refractivity contribution < 1.29 is 19.1 Å². The van der Waals surface area contributed by atoms with Gasteiger partial charge in [-0.05, 0) is 38.0 Å². The van der Waals surface area contributed by atoms with Crippen LogP contribution in [0, 0.1) is 0 Å². The molecule has 6 nitrogen and oxygen atoms in total. The third-order valence-electron chi connectivity index (χ3n) is 3.35. The molecular formula is C17H24N2O4. The molecule has 0 unspecified atom stereocenters. The molecule has 1 aromatic rings. The molecule has 0 atom stereocenters. The van der Waals surface area contributed by atoms with Crippen molar-refractivity contribution in [3.63, 3.8) is 0 Å². The smallest absolute Gasteiger partial charge is 0.330 e. The van der Waals surface area contributed by atoms with Gasteiger partial charge in [-0.15, -0.1) is 0 Å². The van der Waals surface area contributed by atoms with Crippen LogP contribution in [0.25, 0.3) is 0 Å². The van der Waals surface area contributed by atoms with Crippen LogP contribution in [0.5, 0.6) is 0 Å². The summed E-state index contributed by atoms with van der Waals surface area (Å²) in [5.41, 5.74) is 0.725. The monoisotopic (exact) mass is 320 g/mol. The Morgan fingerprint density at radius 1 is 1.13 bits per heavy atom. The van der Waals surface area contributed by atoms with Crippen molar-refractivity contribution in [3.8, 4) is 0 Å². The number of carbonyl (C=O) groups excluding carboxylic acids is 3. The third kappa shape index (κ3) is 6.10. The van der Waals surface area contributed by atoms with Crippen molar-refractivity contribution in [2.75, 3.05) is 12.4 Å². The Balaban J connectivity index is 2.46. The van der Waals surface area contributed by atoms with E-state index in [0.29, 0.717) is 5.69 Å². The van der Waals surface area contributed by atoms with E-state index in [2.05, 4.69) is 15.4 Å². The van der Waals surface area contributed by atoms with Crippen molar-refractivity contribution in [1.29, 1.82) is 0 Å². The summed E-state index contributed by atoms with van der Waals surface area (Å²) >= 11 is 0. The zero-order valence-electron chi connectivity index (χ0n) is 14.1. The number of nitrogens with one attached hydrogen (secondary N) is 2. The summed E-state index contributed by atoms with van der Waals surface area (Å²) in [4.78, 5) is 35.2. The van der Waals surface area contributed by atoms with Crippen molar-refractivity contribution in [2.45, 2.75) is 45.6 Å². The Hall–Kier alpha value is -2.37. The molecule has 126 valence electrons. The lowest BCUT2D eigenvalue weighted by Crippen LogP contribution is -2.50. The summed E-state index contributed by atoms with van der Waals surface area (Å²) in [6, 6.07) is 7.56. The van der Waals surface area contributed by atoms with Crippen LogP contribution in [0.3, 0.4) is 0 Å². The number of amides is 2. The molecule has 0 saturated heterocycles. The maximum absolute atomic E-state index is 11.9. The summed E-state index contributed by atoms with van der Waals surface area (Å²) in [6.07, 6.45) is 0.924. The fraction of sp³-hybridized carbons (Fsp3) is 0.471. The summed E-state index contributed by atoms with van der Waals surface area (Å²) < 4.78 is 4.61. The number of rotatable bonds is 7. The van der Waals surface area contributed by atoms with E-state index in [4.69, 9.17) is 0 Å². The first-order valence-electron chi connectivity index (χ1n) is 7.56. The van der Waals surface area contributed by atoms with Gasteiger partial charge in [0.25, 0.3) is 0 Å². The molecule has 0 fully saturated rings. The van der Waals surface area contributed by atoms with Gasteiger partial charge in [-0.1, -0.05) is 19.1 Å². The number of hydrogen-bond acceptors (Lipinski definition) is 4. The van der Waals surface area contributed by atoms with Crippen LogP contribution < -0.4 is 10.6 Å². The topological polar surface area (TPSA) is 84.5 Å². The predicted octanol–water partition coefficient (Wildman–Crippen LogP) is 2.04. The van der Waals surface area contributed by atoms with Crippen LogP contribution in [-0.4, -0.2) is 30.4 Å². The Morgan fingerprint density at radius 3 is 2.39 bits per heavy atom. The minimum absolute atomic E-state index is 0.000272.